The van der Waals surface area contributed by atoms with E-state index in [2.05, 4.69) is 0 Å². The van der Waals surface area contributed by atoms with Crippen LogP contribution in [0.1, 0.15) is 10.4 Å². The third-order valence-electron chi connectivity index (χ3n) is 7.48. The van der Waals surface area contributed by atoms with Gasteiger partial charge in [-0.1, -0.05) is 0 Å². The van der Waals surface area contributed by atoms with Gasteiger partial charge in [-0.15, -0.1) is 0 Å². The van der Waals surface area contributed by atoms with E-state index < -0.39 is 74.5 Å². The zero-order valence-corrected chi connectivity index (χ0v) is 25.6. The first-order valence-corrected chi connectivity index (χ1v) is 13.8. The second kappa shape index (κ2) is 14.7. The summed E-state index contributed by atoms with van der Waals surface area (Å²) in [6.45, 7) is -2.02. The zero-order chi connectivity index (χ0) is 33.8. The molecule has 4 rings (SSSR count). The summed E-state index contributed by atoms with van der Waals surface area (Å²) >= 11 is 0. The minimum absolute atomic E-state index is 0.0649. The number of carbonyl (C=O) groups is 1. The molecule has 2 aliphatic rings. The number of phenols is 1. The Morgan fingerprint density at radius 1 is 0.870 bits per heavy atom. The highest BCUT2D eigenvalue weighted by Crippen LogP contribution is 2.42. The Balaban J connectivity index is 1.50. The Labute approximate surface area is 263 Å². The minimum atomic E-state index is -2.18. The second-order valence-corrected chi connectivity index (χ2v) is 10.3. The van der Waals surface area contributed by atoms with Gasteiger partial charge in [0.25, 0.3) is 0 Å². The SMILES string of the molecule is COc1cc(C(=O)OC[C@@]2(O)CO[C@@H](O[C@H]3[C@H](Oc4cc(OC)c(OC)c(OC)c4)O[C@H](CO)[C@@H](O)[C@@H]3O)[C@@H]2O)cc(OC)c1O. The number of aliphatic hydroxyl groups is 5. The van der Waals surface area contributed by atoms with Crippen LogP contribution in [0.4, 0.5) is 0 Å². The number of rotatable bonds is 13. The molecule has 0 unspecified atom stereocenters. The van der Waals surface area contributed by atoms with Crippen molar-refractivity contribution in [3.8, 4) is 40.2 Å². The molecule has 2 aromatic rings. The standard InChI is InChI=1S/C29H38O17/c1-37-15-6-13(7-16(38-2)20(15)31)26(35)42-11-29(36)12-43-28(25(29)34)46-24-22(33)21(32)19(10-30)45-27(24)44-14-8-17(39-3)23(41-5)18(9-14)40-4/h6-9,19,21-22,24-25,27-28,30-34,36H,10-12H2,1-5H3/t19-,21-,22+,24-,25+,27-,28+,29-/m1/s1. The maximum atomic E-state index is 12.8. The molecule has 17 nitrogen and oxygen atoms in total. The maximum Gasteiger partial charge on any atom is 0.338 e. The van der Waals surface area contributed by atoms with Crippen LogP contribution in [0.25, 0.3) is 0 Å². The van der Waals surface area contributed by atoms with E-state index >= 15 is 0 Å². The third-order valence-corrected chi connectivity index (χ3v) is 7.48. The molecule has 2 aliphatic heterocycles. The summed E-state index contributed by atoms with van der Waals surface area (Å²) < 4.78 is 54.1. The van der Waals surface area contributed by atoms with Gasteiger partial charge in [0.2, 0.25) is 17.8 Å². The topological polar surface area (TPSA) is 231 Å². The summed E-state index contributed by atoms with van der Waals surface area (Å²) in [7, 11) is 6.74. The van der Waals surface area contributed by atoms with Crippen molar-refractivity contribution in [2.75, 3.05) is 55.4 Å². The highest BCUT2D eigenvalue weighted by atomic mass is 16.8. The first kappa shape index (κ1) is 35.1. The minimum Gasteiger partial charge on any atom is -0.502 e. The molecule has 0 saturated carbocycles. The first-order chi connectivity index (χ1) is 21.9. The summed E-state index contributed by atoms with van der Waals surface area (Å²) in [5.74, 6) is -0.608. The number of ether oxygens (including phenoxy) is 10. The summed E-state index contributed by atoms with van der Waals surface area (Å²) in [5, 5.41) is 63.3. The average molecular weight is 659 g/mol. The van der Waals surface area contributed by atoms with Gasteiger partial charge in [0, 0.05) is 12.1 Å². The van der Waals surface area contributed by atoms with Crippen LogP contribution in [-0.2, 0) is 18.9 Å². The van der Waals surface area contributed by atoms with Crippen molar-refractivity contribution in [3.05, 3.63) is 29.8 Å². The van der Waals surface area contributed by atoms with Gasteiger partial charge in [0.15, 0.2) is 41.0 Å². The van der Waals surface area contributed by atoms with Crippen LogP contribution in [0, 0.1) is 0 Å². The predicted molar refractivity (Wildman–Crippen MR) is 152 cm³/mol. The van der Waals surface area contributed by atoms with Gasteiger partial charge in [-0.3, -0.25) is 0 Å². The third kappa shape index (κ3) is 6.96. The van der Waals surface area contributed by atoms with Crippen LogP contribution >= 0.6 is 0 Å². The van der Waals surface area contributed by atoms with Crippen molar-refractivity contribution in [2.45, 2.75) is 48.7 Å². The molecule has 46 heavy (non-hydrogen) atoms. The number of benzene rings is 2. The molecule has 0 aromatic heterocycles. The van der Waals surface area contributed by atoms with Crippen LogP contribution in [0.3, 0.4) is 0 Å². The van der Waals surface area contributed by atoms with Gasteiger partial charge in [-0.05, 0) is 12.1 Å². The number of hydrogen-bond donors (Lipinski definition) is 6. The van der Waals surface area contributed by atoms with Gasteiger partial charge in [0.1, 0.15) is 36.8 Å². The van der Waals surface area contributed by atoms with E-state index in [9.17, 15) is 35.4 Å². The number of aliphatic hydroxyl groups excluding tert-OH is 4. The molecule has 2 fully saturated rings. The van der Waals surface area contributed by atoms with E-state index in [1.807, 2.05) is 0 Å². The largest absolute Gasteiger partial charge is 0.502 e. The van der Waals surface area contributed by atoms with Crippen molar-refractivity contribution >= 4 is 5.97 Å². The van der Waals surface area contributed by atoms with E-state index in [0.29, 0.717) is 0 Å². The number of hydrogen-bond acceptors (Lipinski definition) is 17. The lowest BCUT2D eigenvalue weighted by atomic mass is 9.98. The van der Waals surface area contributed by atoms with E-state index in [4.69, 9.17) is 47.4 Å². The fourth-order valence-corrected chi connectivity index (χ4v) is 4.89. The van der Waals surface area contributed by atoms with E-state index in [0.717, 1.165) is 0 Å². The Morgan fingerprint density at radius 2 is 1.46 bits per heavy atom. The molecule has 0 amide bonds. The number of esters is 1. The summed E-state index contributed by atoms with van der Waals surface area (Å²) in [4.78, 5) is 12.8. The van der Waals surface area contributed by atoms with E-state index in [1.165, 1.54) is 59.8 Å². The molecule has 2 heterocycles. The Bertz CT molecular complexity index is 1300. The fourth-order valence-electron chi connectivity index (χ4n) is 4.89. The lowest BCUT2D eigenvalue weighted by molar-refractivity contribution is -0.318. The van der Waals surface area contributed by atoms with Gasteiger partial charge in [-0.2, -0.15) is 0 Å². The highest BCUT2D eigenvalue weighted by molar-refractivity contribution is 5.91. The molecule has 0 radical (unpaired) electrons. The number of phenolic OH excluding ortho intramolecular Hbond substituents is 1. The Morgan fingerprint density at radius 3 is 1.98 bits per heavy atom. The van der Waals surface area contributed by atoms with Crippen molar-refractivity contribution in [2.24, 2.45) is 0 Å². The first-order valence-electron chi connectivity index (χ1n) is 13.8. The number of carbonyl (C=O) groups excluding carboxylic acids is 1. The maximum absolute atomic E-state index is 12.8. The molecule has 6 N–H and O–H groups in total. The molecule has 0 spiro atoms. The Kier molecular flexibility index (Phi) is 11.2. The average Bonchev–Trinajstić information content (AvgIpc) is 3.35. The van der Waals surface area contributed by atoms with E-state index in [-0.39, 0.29) is 45.8 Å². The van der Waals surface area contributed by atoms with Crippen LogP contribution < -0.4 is 28.4 Å². The van der Waals surface area contributed by atoms with Gasteiger partial charge in [-0.25, -0.2) is 4.79 Å². The number of methoxy groups -OCH3 is 5. The summed E-state index contributed by atoms with van der Waals surface area (Å²) in [6, 6.07) is 5.25. The molecule has 17 heteroatoms. The van der Waals surface area contributed by atoms with Gasteiger partial charge in [0.05, 0.1) is 54.3 Å². The molecule has 0 aliphatic carbocycles. The molecule has 2 saturated heterocycles. The lowest BCUT2D eigenvalue weighted by Crippen LogP contribution is -2.62. The van der Waals surface area contributed by atoms with Crippen molar-refractivity contribution < 1.29 is 82.8 Å². The van der Waals surface area contributed by atoms with Crippen LogP contribution in [0.5, 0.6) is 40.2 Å². The van der Waals surface area contributed by atoms with Crippen LogP contribution in [0.2, 0.25) is 0 Å². The van der Waals surface area contributed by atoms with E-state index in [1.54, 1.807) is 0 Å². The molecular formula is C29H38O17. The smallest absolute Gasteiger partial charge is 0.338 e. The van der Waals surface area contributed by atoms with Crippen LogP contribution in [0.15, 0.2) is 24.3 Å². The molecular weight excluding hydrogens is 620 g/mol. The quantitative estimate of drug-likeness (QED) is 0.141. The Hall–Kier alpha value is -3.81. The van der Waals surface area contributed by atoms with Gasteiger partial charge < -0.3 is 78.0 Å². The molecule has 0 bridgehead atoms. The fraction of sp³-hybridized carbons (Fsp3) is 0.552. The molecule has 2 aromatic carbocycles. The van der Waals surface area contributed by atoms with Crippen molar-refractivity contribution in [3.63, 3.8) is 0 Å². The monoisotopic (exact) mass is 658 g/mol. The predicted octanol–water partition coefficient (Wildman–Crippen LogP) is -1.06. The molecule has 8 atom stereocenters. The molecule has 256 valence electrons. The highest BCUT2D eigenvalue weighted by Gasteiger charge is 2.54. The van der Waals surface area contributed by atoms with Gasteiger partial charge >= 0.3 is 5.97 Å². The van der Waals surface area contributed by atoms with Crippen molar-refractivity contribution in [1.29, 1.82) is 0 Å². The lowest BCUT2D eigenvalue weighted by Gasteiger charge is -2.42. The normalized spacial score (nSPS) is 29.1. The number of aromatic hydroxyl groups is 1. The summed E-state index contributed by atoms with van der Waals surface area (Å²) in [6.07, 6.45) is -11.2. The zero-order valence-electron chi connectivity index (χ0n) is 25.6. The van der Waals surface area contributed by atoms with Crippen molar-refractivity contribution in [1.82, 2.24) is 0 Å². The van der Waals surface area contributed by atoms with Crippen LogP contribution in [-0.4, -0.2) is 141 Å². The second-order valence-electron chi connectivity index (χ2n) is 10.3. The summed E-state index contributed by atoms with van der Waals surface area (Å²) in [5.41, 5.74) is -2.26.